The van der Waals surface area contributed by atoms with E-state index in [2.05, 4.69) is 6.07 Å². The highest BCUT2D eigenvalue weighted by atomic mass is 32.2. The second-order valence-electron chi connectivity index (χ2n) is 4.53. The summed E-state index contributed by atoms with van der Waals surface area (Å²) < 4.78 is 23.8. The monoisotopic (exact) mass is 230 g/mol. The lowest BCUT2D eigenvalue weighted by Gasteiger charge is -2.16. The van der Waals surface area contributed by atoms with Crippen molar-refractivity contribution in [1.29, 1.82) is 5.26 Å². The normalized spacial score (nSPS) is 20.6. The minimum atomic E-state index is -3.07. The van der Waals surface area contributed by atoms with Crippen molar-refractivity contribution in [2.24, 2.45) is 11.1 Å². The molecule has 4 nitrogen and oxygen atoms in total. The van der Waals surface area contributed by atoms with Gasteiger partial charge in [0, 0.05) is 6.42 Å². The lowest BCUT2D eigenvalue weighted by molar-refractivity contribution is 0.536. The van der Waals surface area contributed by atoms with Crippen LogP contribution >= 0.6 is 0 Å². The molecule has 0 saturated heterocycles. The van der Waals surface area contributed by atoms with Gasteiger partial charge in [-0.1, -0.05) is 0 Å². The van der Waals surface area contributed by atoms with Gasteiger partial charge in [0.15, 0.2) is 9.84 Å². The molecule has 0 bridgehead atoms. The van der Waals surface area contributed by atoms with Crippen LogP contribution in [0.25, 0.3) is 0 Å². The molecule has 1 aliphatic carbocycles. The van der Waals surface area contributed by atoms with Gasteiger partial charge in [-0.15, -0.1) is 0 Å². The molecule has 1 fully saturated rings. The lowest BCUT2D eigenvalue weighted by Crippen LogP contribution is -2.28. The molecule has 0 spiro atoms. The molecule has 86 valence electrons. The molecule has 0 radical (unpaired) electrons. The third kappa shape index (κ3) is 3.18. The Labute approximate surface area is 91.4 Å². The minimum absolute atomic E-state index is 0.161. The van der Waals surface area contributed by atoms with Crippen LogP contribution in [0.2, 0.25) is 0 Å². The second-order valence-corrected chi connectivity index (χ2v) is 6.95. The quantitative estimate of drug-likeness (QED) is 0.732. The van der Waals surface area contributed by atoms with Crippen LogP contribution in [-0.2, 0) is 9.84 Å². The number of hydrogen-bond acceptors (Lipinski definition) is 4. The average Bonchev–Trinajstić information content (AvgIpc) is 2.85. The molecule has 1 unspecified atom stereocenters. The van der Waals surface area contributed by atoms with E-state index >= 15 is 0 Å². The molecule has 2 N–H and O–H groups in total. The van der Waals surface area contributed by atoms with Crippen molar-refractivity contribution in [3.63, 3.8) is 0 Å². The predicted molar refractivity (Wildman–Crippen MR) is 58.8 cm³/mol. The van der Waals surface area contributed by atoms with Crippen molar-refractivity contribution < 1.29 is 8.42 Å². The fourth-order valence-electron chi connectivity index (χ4n) is 1.70. The number of rotatable bonds is 6. The number of nitriles is 1. The molecular formula is C10H18N2O2S. The smallest absolute Gasteiger partial charge is 0.153 e. The average molecular weight is 230 g/mol. The summed E-state index contributed by atoms with van der Waals surface area (Å²) >= 11 is 0. The maximum absolute atomic E-state index is 11.9. The van der Waals surface area contributed by atoms with Gasteiger partial charge in [-0.05, 0) is 38.1 Å². The van der Waals surface area contributed by atoms with Crippen LogP contribution in [-0.4, -0.2) is 26.0 Å². The summed E-state index contributed by atoms with van der Waals surface area (Å²) in [6, 6.07) is 2.07. The highest BCUT2D eigenvalue weighted by Gasteiger charge is 2.46. The summed E-state index contributed by atoms with van der Waals surface area (Å²) in [5.41, 5.74) is 5.12. The second kappa shape index (κ2) is 4.50. The lowest BCUT2D eigenvalue weighted by atomic mass is 10.1. The molecule has 0 aliphatic heterocycles. The van der Waals surface area contributed by atoms with E-state index in [4.69, 9.17) is 11.0 Å². The highest BCUT2D eigenvalue weighted by molar-refractivity contribution is 7.92. The number of sulfone groups is 1. The molecule has 0 heterocycles. The molecule has 1 aliphatic rings. The number of nitrogens with two attached hydrogens (primary N) is 1. The van der Waals surface area contributed by atoms with Gasteiger partial charge in [-0.3, -0.25) is 0 Å². The van der Waals surface area contributed by atoms with Crippen LogP contribution in [0.15, 0.2) is 0 Å². The minimum Gasteiger partial charge on any atom is -0.330 e. The Kier molecular flexibility index (Phi) is 3.74. The molecule has 0 aromatic carbocycles. The largest absolute Gasteiger partial charge is 0.330 e. The van der Waals surface area contributed by atoms with Gasteiger partial charge in [0.2, 0.25) is 0 Å². The van der Waals surface area contributed by atoms with Crippen molar-refractivity contribution in [3.8, 4) is 6.07 Å². The van der Waals surface area contributed by atoms with Gasteiger partial charge in [0.25, 0.3) is 0 Å². The summed E-state index contributed by atoms with van der Waals surface area (Å²) in [7, 11) is -3.07. The van der Waals surface area contributed by atoms with Crippen molar-refractivity contribution in [2.45, 2.75) is 37.9 Å². The first-order valence-corrected chi connectivity index (χ1v) is 6.96. The Morgan fingerprint density at radius 2 is 2.13 bits per heavy atom. The zero-order chi connectivity index (χ0) is 11.5. The van der Waals surface area contributed by atoms with Gasteiger partial charge < -0.3 is 5.73 Å². The topological polar surface area (TPSA) is 84.0 Å². The molecule has 0 amide bonds. The Balaban J connectivity index is 2.61. The summed E-state index contributed by atoms with van der Waals surface area (Å²) in [6.45, 7) is 2.09. The molecule has 0 aromatic heterocycles. The first-order chi connectivity index (χ1) is 6.96. The summed E-state index contributed by atoms with van der Waals surface area (Å²) in [4.78, 5) is 0. The Morgan fingerprint density at radius 1 is 1.53 bits per heavy atom. The SMILES string of the molecule is CC(CCN)S(=O)(=O)CC1(CC#N)CC1. The first-order valence-electron chi connectivity index (χ1n) is 5.24. The molecule has 1 atom stereocenters. The standard InChI is InChI=1S/C10H18N2O2S/c1-9(2-6-11)15(13,14)8-10(3-4-10)5-7-12/h9H,2-6,8,11H2,1H3. The summed E-state index contributed by atoms with van der Waals surface area (Å²) in [5.74, 6) is 0.161. The van der Waals surface area contributed by atoms with Gasteiger partial charge >= 0.3 is 0 Å². The third-order valence-corrected chi connectivity index (χ3v) is 5.58. The molecular weight excluding hydrogens is 212 g/mol. The highest BCUT2D eigenvalue weighted by Crippen LogP contribution is 2.50. The van der Waals surface area contributed by atoms with Crippen LogP contribution in [0, 0.1) is 16.7 Å². The molecule has 0 aromatic rings. The van der Waals surface area contributed by atoms with E-state index in [1.807, 2.05) is 0 Å². The van der Waals surface area contributed by atoms with E-state index in [1.54, 1.807) is 6.92 Å². The van der Waals surface area contributed by atoms with E-state index in [9.17, 15) is 8.42 Å². The van der Waals surface area contributed by atoms with E-state index in [0.29, 0.717) is 19.4 Å². The zero-order valence-electron chi connectivity index (χ0n) is 9.07. The van der Waals surface area contributed by atoms with Gasteiger partial charge in [0.1, 0.15) is 0 Å². The van der Waals surface area contributed by atoms with Crippen LogP contribution in [0.5, 0.6) is 0 Å². The molecule has 5 heteroatoms. The third-order valence-electron chi connectivity index (χ3n) is 3.10. The fraction of sp³-hybridized carbons (Fsp3) is 0.900. The van der Waals surface area contributed by atoms with Crippen molar-refractivity contribution in [2.75, 3.05) is 12.3 Å². The van der Waals surface area contributed by atoms with E-state index in [0.717, 1.165) is 12.8 Å². The van der Waals surface area contributed by atoms with Crippen LogP contribution < -0.4 is 5.73 Å². The van der Waals surface area contributed by atoms with Crippen molar-refractivity contribution in [3.05, 3.63) is 0 Å². The van der Waals surface area contributed by atoms with Crippen LogP contribution in [0.1, 0.15) is 32.6 Å². The van der Waals surface area contributed by atoms with E-state index < -0.39 is 9.84 Å². The predicted octanol–water partition coefficient (Wildman–Crippen LogP) is 0.832. The molecule has 15 heavy (non-hydrogen) atoms. The van der Waals surface area contributed by atoms with Gasteiger partial charge in [-0.25, -0.2) is 8.42 Å². The first kappa shape index (κ1) is 12.5. The van der Waals surface area contributed by atoms with Crippen LogP contribution in [0.4, 0.5) is 0 Å². The summed E-state index contributed by atoms with van der Waals surface area (Å²) in [5, 5.41) is 8.24. The Morgan fingerprint density at radius 3 is 2.53 bits per heavy atom. The van der Waals surface area contributed by atoms with Crippen molar-refractivity contribution in [1.82, 2.24) is 0 Å². The van der Waals surface area contributed by atoms with Gasteiger partial charge in [-0.2, -0.15) is 5.26 Å². The maximum atomic E-state index is 11.9. The number of nitrogens with zero attached hydrogens (tertiary/aromatic N) is 1. The van der Waals surface area contributed by atoms with Crippen LogP contribution in [0.3, 0.4) is 0 Å². The summed E-state index contributed by atoms with van der Waals surface area (Å²) in [6.07, 6.45) is 2.61. The molecule has 1 rings (SSSR count). The van der Waals surface area contributed by atoms with E-state index in [1.165, 1.54) is 0 Å². The fourth-order valence-corrected chi connectivity index (χ4v) is 3.72. The van der Waals surface area contributed by atoms with E-state index in [-0.39, 0.29) is 16.4 Å². The number of hydrogen-bond donors (Lipinski definition) is 1. The zero-order valence-corrected chi connectivity index (χ0v) is 9.89. The Hall–Kier alpha value is -0.600. The maximum Gasteiger partial charge on any atom is 0.153 e. The molecule has 1 saturated carbocycles. The van der Waals surface area contributed by atoms with Gasteiger partial charge in [0.05, 0.1) is 17.1 Å². The van der Waals surface area contributed by atoms with Crippen molar-refractivity contribution >= 4 is 9.84 Å². The Bertz CT molecular complexity index is 352.